The molecule has 2 aromatic carbocycles. The van der Waals surface area contributed by atoms with Crippen LogP contribution in [0.25, 0.3) is 0 Å². The molecule has 2 nitrogen and oxygen atoms in total. The Morgan fingerprint density at radius 2 is 1.95 bits per heavy atom. The Kier molecular flexibility index (Phi) is 3.98. The highest BCUT2D eigenvalue weighted by atomic mass is 16.5. The number of ether oxygens (including phenoxy) is 1. The van der Waals surface area contributed by atoms with E-state index in [4.69, 9.17) is 4.74 Å². The van der Waals surface area contributed by atoms with E-state index in [2.05, 4.69) is 55.6 Å². The van der Waals surface area contributed by atoms with Gasteiger partial charge in [0.25, 0.3) is 0 Å². The zero-order valence-electron chi connectivity index (χ0n) is 13.1. The normalized spacial score (nSPS) is 15.2. The smallest absolute Gasteiger partial charge is 0.127 e. The van der Waals surface area contributed by atoms with Crippen molar-refractivity contribution in [3.05, 3.63) is 64.2 Å². The van der Waals surface area contributed by atoms with E-state index in [0.29, 0.717) is 0 Å². The molecular formula is C19H23NO. The molecule has 0 aromatic heterocycles. The minimum absolute atomic E-state index is 0.178. The predicted molar refractivity (Wildman–Crippen MR) is 87.1 cm³/mol. The molecule has 110 valence electrons. The van der Waals surface area contributed by atoms with Crippen molar-refractivity contribution in [1.82, 2.24) is 5.32 Å². The van der Waals surface area contributed by atoms with Crippen molar-refractivity contribution in [2.45, 2.75) is 32.7 Å². The molecule has 3 rings (SSSR count). The summed E-state index contributed by atoms with van der Waals surface area (Å²) in [5.74, 6) is 1.08. The Morgan fingerprint density at radius 1 is 1.10 bits per heavy atom. The first kappa shape index (κ1) is 14.2. The minimum atomic E-state index is 0.178. The topological polar surface area (TPSA) is 21.3 Å². The zero-order chi connectivity index (χ0) is 14.8. The third kappa shape index (κ3) is 2.68. The van der Waals surface area contributed by atoms with Crippen molar-refractivity contribution < 1.29 is 4.74 Å². The molecule has 0 radical (unpaired) electrons. The number of fused-ring (bicyclic) bond motifs is 1. The van der Waals surface area contributed by atoms with E-state index in [1.165, 1.54) is 27.8 Å². The Morgan fingerprint density at radius 3 is 2.71 bits per heavy atom. The van der Waals surface area contributed by atoms with Gasteiger partial charge in [-0.2, -0.15) is 0 Å². The fourth-order valence-electron chi connectivity index (χ4n) is 3.09. The predicted octanol–water partition coefficient (Wildman–Crippen LogP) is 3.94. The first-order valence-corrected chi connectivity index (χ1v) is 7.69. The van der Waals surface area contributed by atoms with E-state index in [9.17, 15) is 0 Å². The standard InChI is InChI=1S/C19H23NO/c1-13-9-10-16(12-14(13)2)18(20-3)17-8-4-6-15-7-5-11-21-19(15)17/h4,6,8-10,12,18,20H,5,7,11H2,1-3H3. The van der Waals surface area contributed by atoms with Crippen molar-refractivity contribution in [2.24, 2.45) is 0 Å². The Labute approximate surface area is 127 Å². The highest BCUT2D eigenvalue weighted by molar-refractivity contribution is 5.48. The van der Waals surface area contributed by atoms with Gasteiger partial charge in [0, 0.05) is 5.56 Å². The Balaban J connectivity index is 2.06. The molecule has 21 heavy (non-hydrogen) atoms. The largest absolute Gasteiger partial charge is 0.493 e. The third-order valence-corrected chi connectivity index (χ3v) is 4.43. The lowest BCUT2D eigenvalue weighted by Gasteiger charge is -2.25. The van der Waals surface area contributed by atoms with Crippen LogP contribution in [0.2, 0.25) is 0 Å². The molecule has 0 fully saturated rings. The van der Waals surface area contributed by atoms with E-state index in [-0.39, 0.29) is 6.04 Å². The van der Waals surface area contributed by atoms with Crippen LogP contribution in [0.5, 0.6) is 5.75 Å². The van der Waals surface area contributed by atoms with Gasteiger partial charge in [-0.1, -0.05) is 36.4 Å². The van der Waals surface area contributed by atoms with Gasteiger partial charge in [-0.3, -0.25) is 0 Å². The lowest BCUT2D eigenvalue weighted by atomic mass is 9.92. The maximum absolute atomic E-state index is 5.97. The van der Waals surface area contributed by atoms with Crippen molar-refractivity contribution in [2.75, 3.05) is 13.7 Å². The number of para-hydroxylation sites is 1. The van der Waals surface area contributed by atoms with Crippen molar-refractivity contribution in [1.29, 1.82) is 0 Å². The van der Waals surface area contributed by atoms with Gasteiger partial charge in [-0.05, 0) is 56.0 Å². The summed E-state index contributed by atoms with van der Waals surface area (Å²) < 4.78 is 5.97. The molecule has 1 aliphatic rings. The van der Waals surface area contributed by atoms with Crippen LogP contribution >= 0.6 is 0 Å². The SMILES string of the molecule is CNC(c1ccc(C)c(C)c1)c1cccc2c1OCCC2. The molecular weight excluding hydrogens is 258 g/mol. The second-order valence-electron chi connectivity index (χ2n) is 5.85. The number of hydrogen-bond acceptors (Lipinski definition) is 2. The Bertz CT molecular complexity index is 648. The fourth-order valence-corrected chi connectivity index (χ4v) is 3.09. The van der Waals surface area contributed by atoms with Gasteiger partial charge in [0.2, 0.25) is 0 Å². The monoisotopic (exact) mass is 281 g/mol. The van der Waals surface area contributed by atoms with E-state index < -0.39 is 0 Å². The van der Waals surface area contributed by atoms with Crippen molar-refractivity contribution >= 4 is 0 Å². The summed E-state index contributed by atoms with van der Waals surface area (Å²) in [6, 6.07) is 13.4. The number of aryl methyl sites for hydroxylation is 3. The van der Waals surface area contributed by atoms with Gasteiger partial charge in [0.05, 0.1) is 12.6 Å². The summed E-state index contributed by atoms with van der Waals surface area (Å²) in [7, 11) is 2.02. The van der Waals surface area contributed by atoms with Crippen LogP contribution in [0.3, 0.4) is 0 Å². The molecule has 0 amide bonds. The maximum Gasteiger partial charge on any atom is 0.127 e. The fraction of sp³-hybridized carbons (Fsp3) is 0.368. The lowest BCUT2D eigenvalue weighted by Crippen LogP contribution is -2.21. The summed E-state index contributed by atoms with van der Waals surface area (Å²) in [6.07, 6.45) is 2.23. The molecule has 0 saturated carbocycles. The number of hydrogen-bond donors (Lipinski definition) is 1. The highest BCUT2D eigenvalue weighted by Gasteiger charge is 2.21. The van der Waals surface area contributed by atoms with Crippen LogP contribution in [-0.2, 0) is 6.42 Å². The van der Waals surface area contributed by atoms with Gasteiger partial charge in [-0.15, -0.1) is 0 Å². The Hall–Kier alpha value is -1.80. The molecule has 2 aromatic rings. The second-order valence-corrected chi connectivity index (χ2v) is 5.85. The van der Waals surface area contributed by atoms with Gasteiger partial charge in [-0.25, -0.2) is 0 Å². The quantitative estimate of drug-likeness (QED) is 0.920. The molecule has 0 saturated heterocycles. The molecule has 1 unspecified atom stereocenters. The summed E-state index contributed by atoms with van der Waals surface area (Å²) >= 11 is 0. The summed E-state index contributed by atoms with van der Waals surface area (Å²) in [4.78, 5) is 0. The molecule has 0 spiro atoms. The molecule has 1 aliphatic heterocycles. The second kappa shape index (κ2) is 5.90. The van der Waals surface area contributed by atoms with E-state index >= 15 is 0 Å². The van der Waals surface area contributed by atoms with Gasteiger partial charge < -0.3 is 10.1 Å². The van der Waals surface area contributed by atoms with E-state index in [0.717, 1.165) is 25.2 Å². The maximum atomic E-state index is 5.97. The van der Waals surface area contributed by atoms with Crippen LogP contribution in [-0.4, -0.2) is 13.7 Å². The van der Waals surface area contributed by atoms with Gasteiger partial charge >= 0.3 is 0 Å². The summed E-state index contributed by atoms with van der Waals surface area (Å²) in [6.45, 7) is 5.15. The van der Waals surface area contributed by atoms with Crippen LogP contribution in [0, 0.1) is 13.8 Å². The van der Waals surface area contributed by atoms with Crippen molar-refractivity contribution in [3.63, 3.8) is 0 Å². The minimum Gasteiger partial charge on any atom is -0.493 e. The first-order valence-electron chi connectivity index (χ1n) is 7.69. The van der Waals surface area contributed by atoms with Crippen LogP contribution in [0.1, 0.15) is 40.3 Å². The number of nitrogens with one attached hydrogen (secondary N) is 1. The molecule has 0 bridgehead atoms. The van der Waals surface area contributed by atoms with Crippen molar-refractivity contribution in [3.8, 4) is 5.75 Å². The van der Waals surface area contributed by atoms with Crippen LogP contribution in [0.15, 0.2) is 36.4 Å². The molecule has 0 aliphatic carbocycles. The first-order chi connectivity index (χ1) is 10.2. The number of benzene rings is 2. The molecule has 1 atom stereocenters. The molecule has 1 heterocycles. The molecule has 2 heteroatoms. The van der Waals surface area contributed by atoms with Gasteiger partial charge in [0.15, 0.2) is 0 Å². The van der Waals surface area contributed by atoms with E-state index in [1.54, 1.807) is 0 Å². The van der Waals surface area contributed by atoms with E-state index in [1.807, 2.05) is 7.05 Å². The van der Waals surface area contributed by atoms with Gasteiger partial charge in [0.1, 0.15) is 5.75 Å². The number of rotatable bonds is 3. The van der Waals surface area contributed by atoms with Crippen LogP contribution in [0.4, 0.5) is 0 Å². The summed E-state index contributed by atoms with van der Waals surface area (Å²) in [5.41, 5.74) is 6.54. The zero-order valence-corrected chi connectivity index (χ0v) is 13.1. The average Bonchev–Trinajstić information content (AvgIpc) is 2.52. The average molecular weight is 281 g/mol. The lowest BCUT2D eigenvalue weighted by molar-refractivity contribution is 0.283. The molecule has 1 N–H and O–H groups in total. The highest BCUT2D eigenvalue weighted by Crippen LogP contribution is 2.35. The van der Waals surface area contributed by atoms with Crippen LogP contribution < -0.4 is 10.1 Å². The summed E-state index contributed by atoms with van der Waals surface area (Å²) in [5, 5.41) is 3.45. The third-order valence-electron chi connectivity index (χ3n) is 4.43.